The van der Waals surface area contributed by atoms with Crippen LogP contribution in [0.1, 0.15) is 68.0 Å². The number of nitrogens with one attached hydrogen (secondary N) is 1. The van der Waals surface area contributed by atoms with E-state index in [4.69, 9.17) is 17.7 Å². The number of nitrogens with zero attached hydrogens (tertiary/aromatic N) is 2. The Kier molecular flexibility index (Phi) is 8.11. The fourth-order valence-corrected chi connectivity index (χ4v) is 16.7. The van der Waals surface area contributed by atoms with Gasteiger partial charge in [0.15, 0.2) is 0 Å². The number of fused-ring (bicyclic) bond motifs is 1. The zero-order chi connectivity index (χ0) is 25.4. The molecule has 0 spiro atoms. The highest BCUT2D eigenvalue weighted by atomic mass is 28.5. The van der Waals surface area contributed by atoms with Gasteiger partial charge in [-0.25, -0.2) is 4.79 Å². The van der Waals surface area contributed by atoms with Crippen molar-refractivity contribution in [2.24, 2.45) is 5.92 Å². The van der Waals surface area contributed by atoms with Crippen LogP contribution < -0.4 is 11.2 Å². The Labute approximate surface area is 203 Å². The van der Waals surface area contributed by atoms with Crippen molar-refractivity contribution in [3.8, 4) is 6.07 Å². The zero-order valence-electron chi connectivity index (χ0n) is 21.5. The lowest BCUT2D eigenvalue weighted by Crippen LogP contribution is -2.65. The van der Waals surface area contributed by atoms with Crippen molar-refractivity contribution in [1.82, 2.24) is 9.55 Å². The molecule has 1 N–H and O–H groups in total. The molecule has 0 bridgehead atoms. The Bertz CT molecular complexity index is 999. The number of nitriles is 1. The molecule has 34 heavy (non-hydrogen) atoms. The highest BCUT2D eigenvalue weighted by Gasteiger charge is 2.61. The van der Waals surface area contributed by atoms with Crippen LogP contribution in [0.15, 0.2) is 21.9 Å². The lowest BCUT2D eigenvalue weighted by atomic mass is 9.97. The Hall–Kier alpha value is -1.56. The van der Waals surface area contributed by atoms with E-state index in [0.717, 1.165) is 0 Å². The van der Waals surface area contributed by atoms with Crippen LogP contribution in [0.3, 0.4) is 0 Å². The summed E-state index contributed by atoms with van der Waals surface area (Å²) in [4.78, 5) is 26.5. The minimum Gasteiger partial charge on any atom is -0.414 e. The molecule has 9 nitrogen and oxygen atoms in total. The molecule has 1 aromatic rings. The molecule has 2 fully saturated rings. The van der Waals surface area contributed by atoms with E-state index in [1.54, 1.807) is 0 Å². The lowest BCUT2D eigenvalue weighted by molar-refractivity contribution is -0.0573. The van der Waals surface area contributed by atoms with Crippen LogP contribution in [0.5, 0.6) is 0 Å². The average Bonchev–Trinajstić information content (AvgIpc) is 3.04. The number of aromatic nitrogens is 2. The van der Waals surface area contributed by atoms with Gasteiger partial charge in [0, 0.05) is 24.6 Å². The van der Waals surface area contributed by atoms with E-state index >= 15 is 0 Å². The summed E-state index contributed by atoms with van der Waals surface area (Å²) in [6, 6.07) is 3.53. The quantitative estimate of drug-likeness (QED) is 0.578. The monoisotopic (exact) mass is 509 g/mol. The van der Waals surface area contributed by atoms with Gasteiger partial charge in [0.25, 0.3) is 5.56 Å². The molecule has 2 saturated heterocycles. The first-order chi connectivity index (χ1) is 15.9. The van der Waals surface area contributed by atoms with Crippen LogP contribution in [0.4, 0.5) is 0 Å². The van der Waals surface area contributed by atoms with E-state index in [9.17, 15) is 14.9 Å². The van der Waals surface area contributed by atoms with Gasteiger partial charge in [0.05, 0.1) is 18.8 Å². The van der Waals surface area contributed by atoms with Crippen LogP contribution >= 0.6 is 0 Å². The first kappa shape index (κ1) is 27.0. The molecule has 4 atom stereocenters. The predicted octanol–water partition coefficient (Wildman–Crippen LogP) is 3.92. The molecule has 1 aromatic heterocycles. The minimum atomic E-state index is -2.89. The molecular formula is C23H39N3O6Si2. The van der Waals surface area contributed by atoms with Crippen molar-refractivity contribution in [3.05, 3.63) is 33.1 Å². The Balaban J connectivity index is 2.14. The summed E-state index contributed by atoms with van der Waals surface area (Å²) in [6.45, 7) is 17.4. The van der Waals surface area contributed by atoms with Crippen molar-refractivity contribution in [2.45, 2.75) is 102 Å². The van der Waals surface area contributed by atoms with Gasteiger partial charge in [-0.15, -0.1) is 0 Å². The summed E-state index contributed by atoms with van der Waals surface area (Å²) in [5.74, 6) is -0.414. The van der Waals surface area contributed by atoms with Crippen LogP contribution in [0, 0.1) is 17.2 Å². The van der Waals surface area contributed by atoms with E-state index in [2.05, 4.69) is 66.4 Å². The van der Waals surface area contributed by atoms with Crippen molar-refractivity contribution in [1.29, 1.82) is 5.26 Å². The second kappa shape index (κ2) is 10.2. The van der Waals surface area contributed by atoms with Crippen LogP contribution in [-0.2, 0) is 17.7 Å². The van der Waals surface area contributed by atoms with Gasteiger partial charge in [0.1, 0.15) is 12.3 Å². The fourth-order valence-electron chi connectivity index (χ4n) is 5.45. The molecule has 190 valence electrons. The van der Waals surface area contributed by atoms with E-state index in [0.29, 0.717) is 0 Å². The second-order valence-electron chi connectivity index (χ2n) is 10.7. The number of hydrogen-bond donors (Lipinski definition) is 1. The molecule has 0 radical (unpaired) electrons. The molecular weight excluding hydrogens is 470 g/mol. The number of hydrogen-bond acceptors (Lipinski definition) is 7. The summed E-state index contributed by atoms with van der Waals surface area (Å²) in [5, 5.41) is 9.65. The predicted molar refractivity (Wildman–Crippen MR) is 133 cm³/mol. The second-order valence-corrected chi connectivity index (χ2v) is 19.5. The minimum absolute atomic E-state index is 0.134. The zero-order valence-corrected chi connectivity index (χ0v) is 23.5. The Morgan fingerprint density at radius 3 is 2.15 bits per heavy atom. The summed E-state index contributed by atoms with van der Waals surface area (Å²) >= 11 is 0. The highest BCUT2D eigenvalue weighted by molar-refractivity contribution is 6.83. The van der Waals surface area contributed by atoms with Gasteiger partial charge in [0.2, 0.25) is 0 Å². The van der Waals surface area contributed by atoms with E-state index in [1.165, 1.54) is 16.8 Å². The van der Waals surface area contributed by atoms with E-state index in [-0.39, 0.29) is 35.2 Å². The third-order valence-corrected chi connectivity index (χ3v) is 17.5. The average molecular weight is 510 g/mol. The molecule has 3 heterocycles. The maximum absolute atomic E-state index is 12.6. The molecule has 0 unspecified atom stereocenters. The number of H-pyrrole nitrogens is 1. The van der Waals surface area contributed by atoms with E-state index in [1.807, 2.05) is 0 Å². The van der Waals surface area contributed by atoms with Gasteiger partial charge in [-0.1, -0.05) is 55.4 Å². The van der Waals surface area contributed by atoms with E-state index < -0.39 is 52.7 Å². The lowest BCUT2D eigenvalue weighted by Gasteiger charge is -2.51. The smallest absolute Gasteiger partial charge is 0.335 e. The summed E-state index contributed by atoms with van der Waals surface area (Å²) in [5.41, 5.74) is -0.382. The highest BCUT2D eigenvalue weighted by Crippen LogP contribution is 2.49. The molecule has 2 aliphatic heterocycles. The van der Waals surface area contributed by atoms with Gasteiger partial charge >= 0.3 is 22.8 Å². The molecule has 0 aliphatic carbocycles. The normalized spacial score (nSPS) is 28.7. The van der Waals surface area contributed by atoms with Gasteiger partial charge in [-0.05, 0) is 22.2 Å². The standard InChI is InChI=1S/C23H39N3O6Si2/c1-14(2)33(15(3)4)29-13-19-21(31-34(32-33,16(5)6)17(7)8)18(9-11-24)22(30-19)26-12-10-20(27)25-23(26)28/h10,12,14-19,21-22H,9,13H2,1-8H3,(H,25,27,28)/t18-,19-,21+,22-/m1/s1. The largest absolute Gasteiger partial charge is 0.414 e. The first-order valence-electron chi connectivity index (χ1n) is 12.2. The molecule has 0 saturated carbocycles. The molecule has 0 amide bonds. The third kappa shape index (κ3) is 4.64. The number of ether oxygens (including phenoxy) is 1. The van der Waals surface area contributed by atoms with Crippen LogP contribution in [0.25, 0.3) is 0 Å². The topological polar surface area (TPSA) is 116 Å². The van der Waals surface area contributed by atoms with Crippen molar-refractivity contribution in [3.63, 3.8) is 0 Å². The Morgan fingerprint density at radius 1 is 1.06 bits per heavy atom. The van der Waals surface area contributed by atoms with Gasteiger partial charge in [-0.3, -0.25) is 14.3 Å². The molecule has 2 aliphatic rings. The van der Waals surface area contributed by atoms with Crippen LogP contribution in [0.2, 0.25) is 22.2 Å². The Morgan fingerprint density at radius 2 is 1.65 bits per heavy atom. The van der Waals surface area contributed by atoms with Gasteiger partial charge in [-0.2, -0.15) is 5.26 Å². The fraction of sp³-hybridized carbons (Fsp3) is 0.783. The SMILES string of the molecule is CC(C)[Si]1(C(C)C)OC[C@H]2O[C@@H](n3ccc(=O)[nH]c3=O)[C@H](CC#N)[C@@H]2O[Si](C(C)C)(C(C)C)O1. The molecule has 11 heteroatoms. The van der Waals surface area contributed by atoms with Crippen molar-refractivity contribution in [2.75, 3.05) is 6.61 Å². The van der Waals surface area contributed by atoms with Gasteiger partial charge < -0.3 is 17.7 Å². The summed E-state index contributed by atoms with van der Waals surface area (Å²) in [7, 11) is -5.61. The third-order valence-electron chi connectivity index (χ3n) is 7.25. The van der Waals surface area contributed by atoms with Crippen molar-refractivity contribution < 1.29 is 17.7 Å². The number of rotatable bonds is 6. The maximum Gasteiger partial charge on any atom is 0.335 e. The van der Waals surface area contributed by atoms with Crippen LogP contribution in [-0.4, -0.2) is 45.5 Å². The van der Waals surface area contributed by atoms with Crippen molar-refractivity contribution >= 4 is 17.1 Å². The molecule has 3 rings (SSSR count). The summed E-state index contributed by atoms with van der Waals surface area (Å²) < 4.78 is 28.8. The number of aromatic amines is 1. The first-order valence-corrected chi connectivity index (χ1v) is 16.2. The molecule has 0 aromatic carbocycles. The maximum atomic E-state index is 12.6. The summed E-state index contributed by atoms with van der Waals surface area (Å²) in [6.07, 6.45) is -0.120.